The van der Waals surface area contributed by atoms with Crippen LogP contribution in [0.1, 0.15) is 42.3 Å². The third-order valence-electron chi connectivity index (χ3n) is 7.66. The Labute approximate surface area is 305 Å². The van der Waals surface area contributed by atoms with E-state index in [1.807, 2.05) is 49.4 Å². The van der Waals surface area contributed by atoms with E-state index in [-0.39, 0.29) is 23.4 Å². The van der Waals surface area contributed by atoms with E-state index in [4.69, 9.17) is 13.9 Å². The molecule has 2 aromatic heterocycles. The first-order chi connectivity index (χ1) is 23.0. The highest BCUT2D eigenvalue weighted by Crippen LogP contribution is 2.36. The van der Waals surface area contributed by atoms with Gasteiger partial charge in [0, 0.05) is 17.7 Å². The van der Waals surface area contributed by atoms with Gasteiger partial charge in [0.2, 0.25) is 0 Å². The number of halogens is 2. The van der Waals surface area contributed by atoms with Gasteiger partial charge in [0.15, 0.2) is 4.80 Å². The lowest BCUT2D eigenvalue weighted by Crippen LogP contribution is -2.39. The third-order valence-corrected chi connectivity index (χ3v) is 10.2. The fourth-order valence-electron chi connectivity index (χ4n) is 5.38. The van der Waals surface area contributed by atoms with Crippen LogP contribution in [0.2, 0.25) is 0 Å². The molecule has 0 unspecified atom stereocenters. The Morgan fingerprint density at radius 1 is 1.08 bits per heavy atom. The molecule has 48 heavy (non-hydrogen) atoms. The summed E-state index contributed by atoms with van der Waals surface area (Å²) in [5.41, 5.74) is 3.31. The predicted molar refractivity (Wildman–Crippen MR) is 199 cm³/mol. The number of nitro benzene ring substituents is 1. The van der Waals surface area contributed by atoms with Gasteiger partial charge in [-0.2, -0.15) is 0 Å². The van der Waals surface area contributed by atoms with Gasteiger partial charge in [0.1, 0.15) is 29.9 Å². The number of ether oxygens (including phenoxy) is 2. The topological polar surface area (TPSA) is 126 Å². The van der Waals surface area contributed by atoms with E-state index < -0.39 is 16.9 Å². The number of aryl methyl sites for hydroxylation is 1. The number of thiazole rings is 1. The summed E-state index contributed by atoms with van der Waals surface area (Å²) in [5, 5.41) is 11.5. The lowest BCUT2D eigenvalue weighted by Gasteiger charge is -2.22. The highest BCUT2D eigenvalue weighted by atomic mass is 127. The van der Waals surface area contributed by atoms with E-state index in [0.717, 1.165) is 29.6 Å². The number of rotatable bonds is 9. The van der Waals surface area contributed by atoms with Gasteiger partial charge >= 0.3 is 5.97 Å². The molecule has 1 atom stereocenters. The first kappa shape index (κ1) is 33.8. The Bertz CT molecular complexity index is 2270. The van der Waals surface area contributed by atoms with Crippen molar-refractivity contribution in [2.45, 2.75) is 33.4 Å². The summed E-state index contributed by atoms with van der Waals surface area (Å²) >= 11 is 5.67. The Kier molecular flexibility index (Phi) is 9.98. The van der Waals surface area contributed by atoms with E-state index >= 15 is 0 Å². The molecule has 0 bridgehead atoms. The number of aromatic nitrogens is 1. The summed E-state index contributed by atoms with van der Waals surface area (Å²) in [7, 11) is 0. The standard InChI is InChI=1S/C35H27I2N3O7S/c1-4-45-34(42)30-20(3)38-35-39(31(30)28-13-12-27(47-28)24-17-23(40(43)44)11-10-19(24)2)33(41)29(48-35)16-22-14-25(36)32(26(37)15-22)46-18-21-8-6-5-7-9-21/h5-17,31H,4,18H2,1-3H3/b29-16-/t31-/m0/s1. The summed E-state index contributed by atoms with van der Waals surface area (Å²) in [6, 6.07) is 20.7. The number of esters is 1. The van der Waals surface area contributed by atoms with Crippen molar-refractivity contribution in [2.24, 2.45) is 4.99 Å². The number of furan rings is 1. The van der Waals surface area contributed by atoms with Gasteiger partial charge in [-0.25, -0.2) is 9.79 Å². The molecule has 1 aliphatic heterocycles. The number of hydrogen-bond acceptors (Lipinski definition) is 9. The lowest BCUT2D eigenvalue weighted by molar-refractivity contribution is -0.384. The van der Waals surface area contributed by atoms with Crippen molar-refractivity contribution >= 4 is 74.3 Å². The third kappa shape index (κ3) is 6.75. The van der Waals surface area contributed by atoms with Crippen LogP contribution < -0.4 is 19.6 Å². The first-order valence-electron chi connectivity index (χ1n) is 14.8. The molecule has 0 saturated carbocycles. The number of nitro groups is 1. The molecular formula is C35H27I2N3O7S. The summed E-state index contributed by atoms with van der Waals surface area (Å²) in [6.45, 7) is 5.79. The van der Waals surface area contributed by atoms with Crippen molar-refractivity contribution < 1.29 is 23.6 Å². The number of carbonyl (C=O) groups excluding carboxylic acids is 1. The lowest BCUT2D eigenvalue weighted by atomic mass is 10.0. The van der Waals surface area contributed by atoms with E-state index in [0.29, 0.717) is 38.7 Å². The molecule has 3 aromatic carbocycles. The smallest absolute Gasteiger partial charge is 0.338 e. The van der Waals surface area contributed by atoms with Gasteiger partial charge in [-0.15, -0.1) is 0 Å². The first-order valence-corrected chi connectivity index (χ1v) is 17.7. The second kappa shape index (κ2) is 14.2. The molecule has 0 saturated heterocycles. The zero-order chi connectivity index (χ0) is 34.1. The fraction of sp³-hybridized carbons (Fsp3) is 0.171. The summed E-state index contributed by atoms with van der Waals surface area (Å²) in [5.74, 6) is 0.813. The predicted octanol–water partition coefficient (Wildman–Crippen LogP) is 7.06. The van der Waals surface area contributed by atoms with Gasteiger partial charge in [-0.1, -0.05) is 47.7 Å². The molecule has 1 aliphatic rings. The van der Waals surface area contributed by atoms with E-state index in [1.54, 1.807) is 38.1 Å². The number of carbonyl (C=O) groups is 1. The number of allylic oxidation sites excluding steroid dienone is 1. The molecule has 3 heterocycles. The van der Waals surface area contributed by atoms with E-state index in [9.17, 15) is 19.7 Å². The minimum Gasteiger partial charge on any atom is -0.487 e. The Balaban J connectivity index is 1.42. The van der Waals surface area contributed by atoms with Crippen LogP contribution in [0.3, 0.4) is 0 Å². The highest BCUT2D eigenvalue weighted by molar-refractivity contribution is 14.1. The van der Waals surface area contributed by atoms with Gasteiger partial charge in [-0.3, -0.25) is 19.5 Å². The molecule has 0 amide bonds. The molecule has 0 aliphatic carbocycles. The van der Waals surface area contributed by atoms with Crippen molar-refractivity contribution in [1.29, 1.82) is 0 Å². The average Bonchev–Trinajstić information content (AvgIpc) is 3.65. The van der Waals surface area contributed by atoms with Crippen molar-refractivity contribution in [3.63, 3.8) is 0 Å². The maximum Gasteiger partial charge on any atom is 0.338 e. The Hall–Kier alpha value is -4.09. The van der Waals surface area contributed by atoms with Crippen molar-refractivity contribution in [2.75, 3.05) is 6.61 Å². The molecule has 13 heteroatoms. The van der Waals surface area contributed by atoms with Crippen molar-refractivity contribution in [3.8, 4) is 17.1 Å². The van der Waals surface area contributed by atoms with Crippen molar-refractivity contribution in [1.82, 2.24) is 4.57 Å². The minimum atomic E-state index is -0.968. The van der Waals surface area contributed by atoms with Crippen LogP contribution in [-0.4, -0.2) is 22.1 Å². The quantitative estimate of drug-likeness (QED) is 0.0672. The molecule has 244 valence electrons. The Morgan fingerprint density at radius 2 is 1.81 bits per heavy atom. The zero-order valence-electron chi connectivity index (χ0n) is 25.9. The summed E-state index contributed by atoms with van der Waals surface area (Å²) in [6.07, 6.45) is 1.80. The molecule has 0 N–H and O–H groups in total. The van der Waals surface area contributed by atoms with Gasteiger partial charge in [0.05, 0.1) is 34.5 Å². The number of non-ortho nitro benzene ring substituents is 1. The summed E-state index contributed by atoms with van der Waals surface area (Å²) in [4.78, 5) is 43.5. The van der Waals surface area contributed by atoms with Crippen LogP contribution in [0.15, 0.2) is 98.3 Å². The van der Waals surface area contributed by atoms with E-state index in [2.05, 4.69) is 50.2 Å². The van der Waals surface area contributed by atoms with Gasteiger partial charge in [0.25, 0.3) is 11.2 Å². The highest BCUT2D eigenvalue weighted by Gasteiger charge is 2.35. The summed E-state index contributed by atoms with van der Waals surface area (Å²) < 4.78 is 21.5. The number of hydrogen-bond donors (Lipinski definition) is 0. The largest absolute Gasteiger partial charge is 0.487 e. The van der Waals surface area contributed by atoms with Crippen LogP contribution in [0.4, 0.5) is 5.69 Å². The Morgan fingerprint density at radius 3 is 2.50 bits per heavy atom. The molecule has 10 nitrogen and oxygen atoms in total. The molecule has 6 rings (SSSR count). The van der Waals surface area contributed by atoms with Crippen LogP contribution in [0, 0.1) is 24.2 Å². The second-order valence-electron chi connectivity index (χ2n) is 10.8. The monoisotopic (exact) mass is 887 g/mol. The maximum atomic E-state index is 14.1. The van der Waals surface area contributed by atoms with Gasteiger partial charge < -0.3 is 13.9 Å². The van der Waals surface area contributed by atoms with E-state index in [1.165, 1.54) is 28.0 Å². The van der Waals surface area contributed by atoms with Crippen LogP contribution in [0.25, 0.3) is 17.4 Å². The SMILES string of the molecule is CCOC(=O)C1=C(C)N=c2s/c(=C\c3cc(I)c(OCc4ccccc4)c(I)c3)c(=O)n2[C@H]1c1ccc(-c2cc([N+](=O)[O-])ccc2C)o1. The molecule has 0 radical (unpaired) electrons. The van der Waals surface area contributed by atoms with Gasteiger partial charge in [-0.05, 0) is 113 Å². The maximum absolute atomic E-state index is 14.1. The molecule has 0 spiro atoms. The molecule has 5 aromatic rings. The second-order valence-corrected chi connectivity index (χ2v) is 14.2. The molecular weight excluding hydrogens is 860 g/mol. The molecule has 0 fully saturated rings. The van der Waals surface area contributed by atoms with Crippen LogP contribution in [0.5, 0.6) is 5.75 Å². The fourth-order valence-corrected chi connectivity index (χ4v) is 8.55. The minimum absolute atomic E-state index is 0.0791. The van der Waals surface area contributed by atoms with Crippen LogP contribution >= 0.6 is 56.5 Å². The average molecular weight is 887 g/mol. The normalized spacial score (nSPS) is 14.4. The number of fused-ring (bicyclic) bond motifs is 1. The van der Waals surface area contributed by atoms with Crippen molar-refractivity contribution in [3.05, 3.63) is 143 Å². The zero-order valence-corrected chi connectivity index (χ0v) is 31.0. The number of benzene rings is 3. The van der Waals surface area contributed by atoms with Crippen LogP contribution in [-0.2, 0) is 16.1 Å². The number of nitrogens with zero attached hydrogens (tertiary/aromatic N) is 3.